The van der Waals surface area contributed by atoms with Crippen LogP contribution in [-0.4, -0.2) is 45.4 Å². The normalized spacial score (nSPS) is 14.0. The molecule has 1 rings (SSSR count). The number of carbonyl (C=O) groups excluding carboxylic acids is 2. The van der Waals surface area contributed by atoms with Crippen LogP contribution in [0.1, 0.15) is 72.7 Å². The Balaban J connectivity index is 3.36. The molecule has 0 aliphatic rings. The van der Waals surface area contributed by atoms with Crippen molar-refractivity contribution in [3.63, 3.8) is 0 Å². The minimum Gasteiger partial charge on any atom is -0.490 e. The molecule has 0 aliphatic carbocycles. The highest BCUT2D eigenvalue weighted by atomic mass is 127. The van der Waals surface area contributed by atoms with Gasteiger partial charge in [0.15, 0.2) is 8.32 Å². The molecule has 6 nitrogen and oxygen atoms in total. The molecular weight excluding hydrogens is 609 g/mol. The summed E-state index contributed by atoms with van der Waals surface area (Å²) in [6.45, 7) is 23.4. The molecule has 1 aromatic carbocycles. The maximum atomic E-state index is 13.5. The Kier molecular flexibility index (Phi) is 12.0. The molecule has 204 valence electrons. The summed E-state index contributed by atoms with van der Waals surface area (Å²) in [7, 11) is -1.99. The van der Waals surface area contributed by atoms with Gasteiger partial charge in [-0.25, -0.2) is 4.79 Å². The molecule has 1 aromatic rings. The lowest BCUT2D eigenvalue weighted by molar-refractivity contribution is -0.138. The van der Waals surface area contributed by atoms with E-state index in [4.69, 9.17) is 25.5 Å². The van der Waals surface area contributed by atoms with Gasteiger partial charge in [0, 0.05) is 17.8 Å². The molecule has 0 aliphatic heterocycles. The predicted molar refractivity (Wildman–Crippen MR) is 159 cm³/mol. The first-order chi connectivity index (χ1) is 16.3. The van der Waals surface area contributed by atoms with Crippen LogP contribution in [0.5, 0.6) is 5.75 Å². The van der Waals surface area contributed by atoms with Gasteiger partial charge < -0.3 is 19.2 Å². The third-order valence-electron chi connectivity index (χ3n) is 6.26. The van der Waals surface area contributed by atoms with Crippen LogP contribution in [0.3, 0.4) is 0 Å². The third-order valence-corrected chi connectivity index (χ3v) is 11.9. The second-order valence-electron chi connectivity index (χ2n) is 11.7. The number of nitrogens with one attached hydrogen (secondary N) is 1. The quantitative estimate of drug-likeness (QED) is 0.0512. The Labute approximate surface area is 237 Å². The molecule has 0 fully saturated rings. The minimum atomic E-state index is -1.99. The van der Waals surface area contributed by atoms with Crippen molar-refractivity contribution >= 4 is 54.3 Å². The van der Waals surface area contributed by atoms with Gasteiger partial charge in [0.05, 0.1) is 34.0 Å². The van der Waals surface area contributed by atoms with E-state index >= 15 is 0 Å². The first kappa shape index (κ1) is 32.9. The van der Waals surface area contributed by atoms with E-state index in [0.29, 0.717) is 12.4 Å². The summed E-state index contributed by atoms with van der Waals surface area (Å²) in [6, 6.07) is 3.09. The number of carbonyl (C=O) groups is 2. The number of hydrogen-bond acceptors (Lipinski definition) is 6. The minimum absolute atomic E-state index is 0.0433. The van der Waals surface area contributed by atoms with Crippen molar-refractivity contribution in [3.05, 3.63) is 38.1 Å². The zero-order valence-electron chi connectivity index (χ0n) is 23.6. The smallest absolute Gasteiger partial charge is 0.343 e. The van der Waals surface area contributed by atoms with Crippen LogP contribution in [0.4, 0.5) is 0 Å². The number of hydrogen-bond donors (Lipinski definition) is 1. The second-order valence-corrected chi connectivity index (χ2v) is 18.1. The van der Waals surface area contributed by atoms with Crippen LogP contribution in [0.2, 0.25) is 23.2 Å². The van der Waals surface area contributed by atoms with Crippen LogP contribution in [0.15, 0.2) is 23.9 Å². The summed E-state index contributed by atoms with van der Waals surface area (Å²) in [5.74, 6) is -0.637. The lowest BCUT2D eigenvalue weighted by Crippen LogP contribution is -2.48. The third kappa shape index (κ3) is 9.33. The van der Waals surface area contributed by atoms with Crippen LogP contribution < -0.4 is 10.1 Å². The Morgan fingerprint density at radius 2 is 1.72 bits per heavy atom. The first-order valence-corrected chi connectivity index (χ1v) is 16.7. The monoisotopic (exact) mass is 651 g/mol. The van der Waals surface area contributed by atoms with Crippen molar-refractivity contribution in [2.24, 2.45) is 5.41 Å². The maximum Gasteiger partial charge on any atom is 0.343 e. The fourth-order valence-corrected chi connectivity index (χ4v) is 4.71. The topological polar surface area (TPSA) is 73.9 Å². The Morgan fingerprint density at radius 1 is 1.14 bits per heavy atom. The van der Waals surface area contributed by atoms with Crippen molar-refractivity contribution in [3.8, 4) is 5.75 Å². The Bertz CT molecular complexity index is 964. The van der Waals surface area contributed by atoms with Gasteiger partial charge in [-0.3, -0.25) is 4.79 Å². The molecule has 0 bridgehead atoms. The number of Topliss-reactive ketones (excluding diaryl/α,β-unsaturated/α-hetero) is 1. The highest BCUT2D eigenvalue weighted by Crippen LogP contribution is 2.37. The van der Waals surface area contributed by atoms with Gasteiger partial charge in [0.2, 0.25) is 5.78 Å². The maximum absolute atomic E-state index is 13.5. The summed E-state index contributed by atoms with van der Waals surface area (Å²) in [6.07, 6.45) is 1.41. The van der Waals surface area contributed by atoms with E-state index in [0.717, 1.165) is 3.57 Å². The molecular formula is C27H43ClINO5Si. The average Bonchev–Trinajstić information content (AvgIpc) is 2.70. The van der Waals surface area contributed by atoms with Crippen molar-refractivity contribution in [1.29, 1.82) is 0 Å². The molecule has 0 aromatic heterocycles. The molecule has 0 unspecified atom stereocenters. The average molecular weight is 652 g/mol. The van der Waals surface area contributed by atoms with Crippen molar-refractivity contribution in [2.75, 3.05) is 13.2 Å². The van der Waals surface area contributed by atoms with Crippen LogP contribution in [-0.2, 0) is 14.0 Å². The molecule has 0 radical (unpaired) electrons. The van der Waals surface area contributed by atoms with Gasteiger partial charge in [-0.15, -0.1) is 0 Å². The number of halogens is 2. The highest BCUT2D eigenvalue weighted by molar-refractivity contribution is 14.1. The summed E-state index contributed by atoms with van der Waals surface area (Å²) in [4.78, 5) is 26.3. The van der Waals surface area contributed by atoms with E-state index in [2.05, 4.69) is 82.5 Å². The molecule has 0 heterocycles. The van der Waals surface area contributed by atoms with Gasteiger partial charge in [-0.2, -0.15) is 0 Å². The summed E-state index contributed by atoms with van der Waals surface area (Å²) >= 11 is 8.56. The number of ether oxygens (including phenoxy) is 2. The fraction of sp³-hybridized carbons (Fsp3) is 0.630. The van der Waals surface area contributed by atoms with Gasteiger partial charge in [0.1, 0.15) is 11.3 Å². The molecule has 0 amide bonds. The molecule has 9 heteroatoms. The zero-order chi connectivity index (χ0) is 28.1. The number of esters is 1. The Morgan fingerprint density at radius 3 is 2.19 bits per heavy atom. The fourth-order valence-electron chi connectivity index (χ4n) is 2.86. The zero-order valence-corrected chi connectivity index (χ0v) is 27.5. The van der Waals surface area contributed by atoms with Crippen LogP contribution in [0, 0.1) is 8.99 Å². The number of rotatable bonds is 11. The van der Waals surface area contributed by atoms with E-state index < -0.39 is 20.1 Å². The summed E-state index contributed by atoms with van der Waals surface area (Å²) in [5, 5.41) is 3.56. The summed E-state index contributed by atoms with van der Waals surface area (Å²) in [5.41, 5.74) is -0.110. The Hall–Kier alpha value is -1.10. The lowest BCUT2D eigenvalue weighted by atomic mass is 9.87. The lowest BCUT2D eigenvalue weighted by Gasteiger charge is -2.39. The predicted octanol–water partition coefficient (Wildman–Crippen LogP) is 7.39. The van der Waals surface area contributed by atoms with Crippen molar-refractivity contribution in [1.82, 2.24) is 5.32 Å². The van der Waals surface area contributed by atoms with Gasteiger partial charge >= 0.3 is 5.97 Å². The van der Waals surface area contributed by atoms with Crippen molar-refractivity contribution < 1.29 is 23.5 Å². The van der Waals surface area contributed by atoms with Gasteiger partial charge in [0.25, 0.3) is 0 Å². The van der Waals surface area contributed by atoms with Crippen LogP contribution >= 0.6 is 34.2 Å². The highest BCUT2D eigenvalue weighted by Gasteiger charge is 2.38. The van der Waals surface area contributed by atoms with E-state index in [1.54, 1.807) is 19.1 Å². The number of ketones is 1. The molecule has 0 spiro atoms. The van der Waals surface area contributed by atoms with E-state index in [1.165, 1.54) is 6.20 Å². The summed E-state index contributed by atoms with van der Waals surface area (Å²) < 4.78 is 18.2. The molecule has 0 saturated heterocycles. The molecule has 0 saturated carbocycles. The van der Waals surface area contributed by atoms with Gasteiger partial charge in [-0.1, -0.05) is 53.1 Å². The van der Waals surface area contributed by atoms with E-state index in [-0.39, 0.29) is 45.4 Å². The molecule has 1 N–H and O–H groups in total. The standard InChI is InChI=1S/C27H43ClINO5Si/c1-12-33-25(32)19(24(31)18-13-21(29)22(14-20(18)28)35-17(2)3)15-30-23(26(4,5)6)16-34-36(10,11)27(7,8)9/h13-15,17,23,30H,12,16H2,1-11H3/t23-/m1/s1. The van der Waals surface area contributed by atoms with Crippen LogP contribution in [0.25, 0.3) is 0 Å². The van der Waals surface area contributed by atoms with E-state index in [1.807, 2.05) is 13.8 Å². The van der Waals surface area contributed by atoms with Crippen molar-refractivity contribution in [2.45, 2.75) is 92.6 Å². The molecule has 36 heavy (non-hydrogen) atoms. The molecule has 1 atom stereocenters. The SMILES string of the molecule is CCOC(=O)C(=CN[C@H](CO[Si](C)(C)C(C)(C)C)C(C)(C)C)C(=O)c1cc(I)c(OC(C)C)cc1Cl. The largest absolute Gasteiger partial charge is 0.490 e. The van der Waals surface area contributed by atoms with Gasteiger partial charge in [-0.05, 0) is 73.0 Å². The second kappa shape index (κ2) is 13.1. The number of benzene rings is 1. The van der Waals surface area contributed by atoms with E-state index in [9.17, 15) is 9.59 Å². The first-order valence-electron chi connectivity index (χ1n) is 12.3.